The van der Waals surface area contributed by atoms with Crippen LogP contribution in [-0.4, -0.2) is 107 Å². The van der Waals surface area contributed by atoms with E-state index in [9.17, 15) is 0 Å². The fourth-order valence-electron chi connectivity index (χ4n) is 6.44. The Morgan fingerprint density at radius 2 is 0.735 bits per heavy atom. The van der Waals surface area contributed by atoms with Crippen LogP contribution < -0.4 is 0 Å². The van der Waals surface area contributed by atoms with Gasteiger partial charge in [-0.1, -0.05) is 82.5 Å². The van der Waals surface area contributed by atoms with E-state index in [1.54, 1.807) is 14.2 Å². The number of ether oxygens (including phenoxy) is 8. The number of rotatable bonds is 32. The first-order valence-corrected chi connectivity index (χ1v) is 19.8. The summed E-state index contributed by atoms with van der Waals surface area (Å²) in [6.07, 6.45) is 11.6. The van der Waals surface area contributed by atoms with Crippen LogP contribution in [0.15, 0.2) is 45.3 Å². The van der Waals surface area contributed by atoms with Gasteiger partial charge >= 0.3 is 0 Å². The van der Waals surface area contributed by atoms with Crippen molar-refractivity contribution in [3.63, 3.8) is 0 Å². The molecule has 1 aliphatic rings. The van der Waals surface area contributed by atoms with Gasteiger partial charge in [-0.25, -0.2) is 0 Å². The summed E-state index contributed by atoms with van der Waals surface area (Å²) in [5.74, 6) is 0. The van der Waals surface area contributed by atoms with E-state index in [0.717, 1.165) is 47.8 Å². The van der Waals surface area contributed by atoms with Crippen molar-refractivity contribution in [2.75, 3.05) is 107 Å². The highest BCUT2D eigenvalue weighted by molar-refractivity contribution is 9.10. The fraction of sp³-hybridized carbons (Fsp3) is 0.692. The van der Waals surface area contributed by atoms with Gasteiger partial charge in [-0.15, -0.1) is 0 Å². The zero-order valence-electron chi connectivity index (χ0n) is 30.0. The lowest BCUT2D eigenvalue weighted by molar-refractivity contribution is 0.00322. The molecular formula is C39H60Br2O8. The molecule has 0 saturated carbocycles. The maximum atomic E-state index is 5.82. The van der Waals surface area contributed by atoms with Gasteiger partial charge in [0.1, 0.15) is 0 Å². The summed E-state index contributed by atoms with van der Waals surface area (Å²) in [5.41, 5.74) is 5.77. The highest BCUT2D eigenvalue weighted by atomic mass is 79.9. The second-order valence-corrected chi connectivity index (χ2v) is 14.3. The molecule has 0 fully saturated rings. The zero-order valence-corrected chi connectivity index (χ0v) is 33.1. The maximum absolute atomic E-state index is 5.82. The number of halogens is 2. The lowest BCUT2D eigenvalue weighted by Gasteiger charge is -2.33. The number of fused-ring (bicyclic) bond motifs is 3. The molecule has 0 unspecified atom stereocenters. The van der Waals surface area contributed by atoms with E-state index in [2.05, 4.69) is 68.3 Å². The smallest absolute Gasteiger partial charge is 0.0701 e. The first-order valence-electron chi connectivity index (χ1n) is 18.2. The molecular weight excluding hydrogens is 756 g/mol. The molecule has 49 heavy (non-hydrogen) atoms. The molecule has 0 aliphatic heterocycles. The van der Waals surface area contributed by atoms with Crippen molar-refractivity contribution in [3.8, 4) is 11.1 Å². The number of benzene rings is 2. The van der Waals surface area contributed by atoms with Crippen molar-refractivity contribution >= 4 is 31.9 Å². The topological polar surface area (TPSA) is 73.8 Å². The van der Waals surface area contributed by atoms with Gasteiger partial charge in [-0.05, 0) is 72.2 Å². The number of hydrogen-bond acceptors (Lipinski definition) is 8. The molecule has 10 heteroatoms. The number of hydrogen-bond donors (Lipinski definition) is 0. The minimum Gasteiger partial charge on any atom is -0.382 e. The van der Waals surface area contributed by atoms with Crippen LogP contribution in [0.25, 0.3) is 11.1 Å². The van der Waals surface area contributed by atoms with Gasteiger partial charge in [-0.3, -0.25) is 0 Å². The number of methoxy groups -OCH3 is 2. The molecule has 0 bridgehead atoms. The predicted octanol–water partition coefficient (Wildman–Crippen LogP) is 8.77. The van der Waals surface area contributed by atoms with Gasteiger partial charge in [0.05, 0.1) is 79.3 Å². The average molecular weight is 817 g/mol. The molecule has 0 heterocycles. The van der Waals surface area contributed by atoms with E-state index >= 15 is 0 Å². The minimum atomic E-state index is 0.0282. The standard InChI is InChI=1S/C39H60Br2O8/c1-42-19-21-46-27-29-48-25-23-44-17-9-5-3-7-15-39(16-8-4-6-10-18-45-24-26-49-30-28-47-22-20-43-2)37-31-33(40)11-13-35(37)36-14-12-34(41)32-38(36)39/h11-14,31-32H,3-10,15-30H2,1-2H3. The second kappa shape index (κ2) is 26.8. The molecule has 0 N–H and O–H groups in total. The molecule has 3 rings (SSSR count). The first kappa shape index (κ1) is 42.5. The summed E-state index contributed by atoms with van der Waals surface area (Å²) in [4.78, 5) is 0. The van der Waals surface area contributed by atoms with Crippen LogP contribution in [0.1, 0.15) is 75.3 Å². The van der Waals surface area contributed by atoms with Crippen LogP contribution >= 0.6 is 31.9 Å². The molecule has 0 radical (unpaired) electrons. The lowest BCUT2D eigenvalue weighted by Crippen LogP contribution is -2.25. The lowest BCUT2D eigenvalue weighted by atomic mass is 9.70. The Balaban J connectivity index is 1.39. The SMILES string of the molecule is COCCOCCOCCOCCCCCCC1(CCCCCCOCCOCCOCCOC)c2cc(Br)ccc2-c2ccc(Br)cc21. The number of unbranched alkanes of at least 4 members (excludes halogenated alkanes) is 6. The third-order valence-electron chi connectivity index (χ3n) is 8.92. The monoisotopic (exact) mass is 814 g/mol. The molecule has 2 aromatic carbocycles. The second-order valence-electron chi connectivity index (χ2n) is 12.5. The Bertz CT molecular complexity index is 1050. The van der Waals surface area contributed by atoms with Crippen molar-refractivity contribution in [1.82, 2.24) is 0 Å². The molecule has 0 amide bonds. The summed E-state index contributed by atoms with van der Waals surface area (Å²) in [6, 6.07) is 13.7. The largest absolute Gasteiger partial charge is 0.382 e. The summed E-state index contributed by atoms with van der Waals surface area (Å²) < 4.78 is 45.9. The fourth-order valence-corrected chi connectivity index (χ4v) is 7.16. The first-order chi connectivity index (χ1) is 24.1. The third kappa shape index (κ3) is 16.1. The van der Waals surface area contributed by atoms with Crippen LogP contribution in [0, 0.1) is 0 Å². The normalized spacial score (nSPS) is 13.2. The van der Waals surface area contributed by atoms with Crippen molar-refractivity contribution < 1.29 is 37.9 Å². The Hall–Kier alpha value is -0.920. The molecule has 0 saturated heterocycles. The highest BCUT2D eigenvalue weighted by Crippen LogP contribution is 2.55. The van der Waals surface area contributed by atoms with Gasteiger partial charge < -0.3 is 37.9 Å². The van der Waals surface area contributed by atoms with Crippen LogP contribution in [-0.2, 0) is 43.3 Å². The molecule has 0 atom stereocenters. The Morgan fingerprint density at radius 3 is 1.10 bits per heavy atom. The third-order valence-corrected chi connectivity index (χ3v) is 9.91. The molecule has 0 aromatic heterocycles. The van der Waals surface area contributed by atoms with Crippen LogP contribution in [0.5, 0.6) is 0 Å². The molecule has 2 aromatic rings. The van der Waals surface area contributed by atoms with E-state index in [-0.39, 0.29) is 5.41 Å². The average Bonchev–Trinajstić information content (AvgIpc) is 3.35. The Morgan fingerprint density at radius 1 is 0.408 bits per heavy atom. The van der Waals surface area contributed by atoms with E-state index in [4.69, 9.17) is 37.9 Å². The van der Waals surface area contributed by atoms with Gasteiger partial charge in [0, 0.05) is 41.8 Å². The van der Waals surface area contributed by atoms with Crippen molar-refractivity contribution in [1.29, 1.82) is 0 Å². The molecule has 0 spiro atoms. The summed E-state index contributed by atoms with van der Waals surface area (Å²) in [5, 5.41) is 0. The predicted molar refractivity (Wildman–Crippen MR) is 203 cm³/mol. The maximum Gasteiger partial charge on any atom is 0.0701 e. The van der Waals surface area contributed by atoms with Crippen molar-refractivity contribution in [3.05, 3.63) is 56.5 Å². The van der Waals surface area contributed by atoms with Gasteiger partial charge in [-0.2, -0.15) is 0 Å². The summed E-state index contributed by atoms with van der Waals surface area (Å²) in [6.45, 7) is 8.83. The van der Waals surface area contributed by atoms with Crippen LogP contribution in [0.2, 0.25) is 0 Å². The van der Waals surface area contributed by atoms with Crippen molar-refractivity contribution in [2.45, 2.75) is 69.6 Å². The minimum absolute atomic E-state index is 0.0282. The Labute approximate surface area is 312 Å². The van der Waals surface area contributed by atoms with E-state index in [1.165, 1.54) is 60.8 Å². The zero-order chi connectivity index (χ0) is 34.8. The summed E-state index contributed by atoms with van der Waals surface area (Å²) in [7, 11) is 3.35. The van der Waals surface area contributed by atoms with Crippen LogP contribution in [0.3, 0.4) is 0 Å². The van der Waals surface area contributed by atoms with E-state index in [1.807, 2.05) is 0 Å². The summed E-state index contributed by atoms with van der Waals surface area (Å²) >= 11 is 7.60. The van der Waals surface area contributed by atoms with E-state index < -0.39 is 0 Å². The molecule has 278 valence electrons. The van der Waals surface area contributed by atoms with Gasteiger partial charge in [0.15, 0.2) is 0 Å². The Kier molecular flexibility index (Phi) is 23.2. The van der Waals surface area contributed by atoms with E-state index in [0.29, 0.717) is 79.3 Å². The molecule has 1 aliphatic carbocycles. The molecule has 8 nitrogen and oxygen atoms in total. The van der Waals surface area contributed by atoms with Crippen LogP contribution in [0.4, 0.5) is 0 Å². The van der Waals surface area contributed by atoms with Crippen molar-refractivity contribution in [2.24, 2.45) is 0 Å². The van der Waals surface area contributed by atoms with Gasteiger partial charge in [0.25, 0.3) is 0 Å². The highest BCUT2D eigenvalue weighted by Gasteiger charge is 2.42. The van der Waals surface area contributed by atoms with Gasteiger partial charge in [0.2, 0.25) is 0 Å². The quantitative estimate of drug-likeness (QED) is 0.0680.